The Morgan fingerprint density at radius 3 is 2.53 bits per heavy atom. The summed E-state index contributed by atoms with van der Waals surface area (Å²) in [6, 6.07) is 7.76. The Morgan fingerprint density at radius 1 is 1.47 bits per heavy atom. The summed E-state index contributed by atoms with van der Waals surface area (Å²) in [5.41, 5.74) is 6.89. The summed E-state index contributed by atoms with van der Waals surface area (Å²) < 4.78 is 0. The lowest BCUT2D eigenvalue weighted by Gasteiger charge is -2.11. The Hall–Kier alpha value is -1.00. The number of carbonyl (C=O) groups excluding carboxylic acids is 1. The van der Waals surface area contributed by atoms with E-state index in [9.17, 15) is 4.79 Å². The zero-order valence-electron chi connectivity index (χ0n) is 8.99. The third-order valence-corrected chi connectivity index (χ3v) is 2.97. The van der Waals surface area contributed by atoms with E-state index in [-0.39, 0.29) is 11.9 Å². The monoisotopic (exact) mass is 224 g/mol. The summed E-state index contributed by atoms with van der Waals surface area (Å²) in [7, 11) is 1.62. The van der Waals surface area contributed by atoms with Crippen molar-refractivity contribution >= 4 is 17.7 Å². The van der Waals surface area contributed by atoms with Crippen LogP contribution in [0.1, 0.15) is 18.0 Å². The average molecular weight is 224 g/mol. The predicted molar refractivity (Wildman–Crippen MR) is 63.8 cm³/mol. The molecule has 3 N–H and O–H groups in total. The third-order valence-electron chi connectivity index (χ3n) is 2.23. The lowest BCUT2D eigenvalue weighted by atomic mass is 10.0. The number of nitrogens with two attached hydrogens (primary N) is 1. The fourth-order valence-electron chi connectivity index (χ4n) is 1.27. The molecule has 4 heteroatoms. The van der Waals surface area contributed by atoms with E-state index < -0.39 is 0 Å². The Balaban J connectivity index is 2.65. The van der Waals surface area contributed by atoms with Crippen LogP contribution in [0, 0.1) is 0 Å². The van der Waals surface area contributed by atoms with Crippen molar-refractivity contribution in [2.45, 2.75) is 17.4 Å². The predicted octanol–water partition coefficient (Wildman–Crippen LogP) is 1.54. The van der Waals surface area contributed by atoms with E-state index in [0.29, 0.717) is 6.42 Å². The maximum atomic E-state index is 11.1. The maximum Gasteiger partial charge on any atom is 0.221 e. The largest absolute Gasteiger partial charge is 0.359 e. The molecule has 1 rings (SSSR count). The normalized spacial score (nSPS) is 12.2. The topological polar surface area (TPSA) is 55.1 Å². The highest BCUT2D eigenvalue weighted by atomic mass is 32.2. The van der Waals surface area contributed by atoms with Crippen LogP contribution < -0.4 is 11.1 Å². The van der Waals surface area contributed by atoms with E-state index in [2.05, 4.69) is 5.32 Å². The molecule has 1 amide bonds. The van der Waals surface area contributed by atoms with Gasteiger partial charge in [-0.05, 0) is 24.0 Å². The summed E-state index contributed by atoms with van der Waals surface area (Å²) in [4.78, 5) is 12.3. The second-order valence-electron chi connectivity index (χ2n) is 3.26. The molecule has 3 nitrogen and oxygen atoms in total. The highest BCUT2D eigenvalue weighted by Crippen LogP contribution is 2.19. The molecule has 0 aliphatic carbocycles. The fourth-order valence-corrected chi connectivity index (χ4v) is 1.68. The number of rotatable bonds is 4. The van der Waals surface area contributed by atoms with Crippen LogP contribution in [0.2, 0.25) is 0 Å². The average Bonchev–Trinajstić information content (AvgIpc) is 2.29. The van der Waals surface area contributed by atoms with Crippen molar-refractivity contribution in [3.05, 3.63) is 29.8 Å². The van der Waals surface area contributed by atoms with Gasteiger partial charge < -0.3 is 11.1 Å². The van der Waals surface area contributed by atoms with E-state index in [1.165, 1.54) is 4.90 Å². The van der Waals surface area contributed by atoms with Crippen LogP contribution in [0.3, 0.4) is 0 Å². The number of thioether (sulfide) groups is 1. The standard InChI is InChI=1S/C11H16N2OS/c1-13-11(14)7-10(12)8-3-5-9(15-2)6-4-8/h3-6,10H,7,12H2,1-2H3,(H,13,14). The minimum atomic E-state index is -0.221. The van der Waals surface area contributed by atoms with Crippen LogP contribution >= 0.6 is 11.8 Å². The molecule has 0 bridgehead atoms. The van der Waals surface area contributed by atoms with Crippen LogP contribution in [-0.4, -0.2) is 19.2 Å². The summed E-state index contributed by atoms with van der Waals surface area (Å²) in [6.07, 6.45) is 2.36. The first-order chi connectivity index (χ1) is 7.17. The van der Waals surface area contributed by atoms with Gasteiger partial charge in [-0.2, -0.15) is 0 Å². The van der Waals surface area contributed by atoms with Crippen molar-refractivity contribution in [2.75, 3.05) is 13.3 Å². The van der Waals surface area contributed by atoms with Gasteiger partial charge in [-0.3, -0.25) is 4.79 Å². The molecule has 0 heterocycles. The molecule has 15 heavy (non-hydrogen) atoms. The van der Waals surface area contributed by atoms with Crippen molar-refractivity contribution < 1.29 is 4.79 Å². The van der Waals surface area contributed by atoms with Crippen LogP contribution in [-0.2, 0) is 4.79 Å². The van der Waals surface area contributed by atoms with Gasteiger partial charge in [0, 0.05) is 24.4 Å². The van der Waals surface area contributed by atoms with Gasteiger partial charge in [0.05, 0.1) is 0 Å². The molecule has 0 fully saturated rings. The molecule has 1 aromatic rings. The molecular formula is C11H16N2OS. The smallest absolute Gasteiger partial charge is 0.221 e. The SMILES string of the molecule is CNC(=O)CC(N)c1ccc(SC)cc1. The second-order valence-corrected chi connectivity index (χ2v) is 4.14. The second kappa shape index (κ2) is 5.78. The van der Waals surface area contributed by atoms with Crippen molar-refractivity contribution in [1.82, 2.24) is 5.32 Å². The van der Waals surface area contributed by atoms with Gasteiger partial charge in [0.15, 0.2) is 0 Å². The van der Waals surface area contributed by atoms with Crippen LogP contribution in [0.5, 0.6) is 0 Å². The molecule has 0 aromatic heterocycles. The molecule has 0 radical (unpaired) electrons. The van der Waals surface area contributed by atoms with E-state index >= 15 is 0 Å². The summed E-state index contributed by atoms with van der Waals surface area (Å²) in [6.45, 7) is 0. The van der Waals surface area contributed by atoms with E-state index in [0.717, 1.165) is 5.56 Å². The first-order valence-electron chi connectivity index (χ1n) is 4.77. The fraction of sp³-hybridized carbons (Fsp3) is 0.364. The Morgan fingerprint density at radius 2 is 2.07 bits per heavy atom. The van der Waals surface area contributed by atoms with Crippen LogP contribution in [0.15, 0.2) is 29.2 Å². The number of nitrogens with one attached hydrogen (secondary N) is 1. The highest BCUT2D eigenvalue weighted by molar-refractivity contribution is 7.98. The molecule has 1 aromatic carbocycles. The van der Waals surface area contributed by atoms with Crippen LogP contribution in [0.25, 0.3) is 0 Å². The maximum absolute atomic E-state index is 11.1. The van der Waals surface area contributed by atoms with Crippen molar-refractivity contribution in [2.24, 2.45) is 5.73 Å². The molecule has 1 atom stereocenters. The lowest BCUT2D eigenvalue weighted by molar-refractivity contribution is -0.120. The zero-order valence-corrected chi connectivity index (χ0v) is 9.80. The molecular weight excluding hydrogens is 208 g/mol. The summed E-state index contributed by atoms with van der Waals surface area (Å²) in [5, 5.41) is 2.57. The van der Waals surface area contributed by atoms with Gasteiger partial charge in [0.25, 0.3) is 0 Å². The van der Waals surface area contributed by atoms with Crippen molar-refractivity contribution in [3.8, 4) is 0 Å². The molecule has 0 aliphatic heterocycles. The number of carbonyl (C=O) groups is 1. The van der Waals surface area contributed by atoms with Crippen LogP contribution in [0.4, 0.5) is 0 Å². The lowest BCUT2D eigenvalue weighted by Crippen LogP contribution is -2.24. The third kappa shape index (κ3) is 3.57. The van der Waals surface area contributed by atoms with E-state index in [1.807, 2.05) is 30.5 Å². The highest BCUT2D eigenvalue weighted by Gasteiger charge is 2.09. The Labute approximate surface area is 94.4 Å². The zero-order chi connectivity index (χ0) is 11.3. The quantitative estimate of drug-likeness (QED) is 0.763. The summed E-state index contributed by atoms with van der Waals surface area (Å²) >= 11 is 1.69. The molecule has 82 valence electrons. The molecule has 0 spiro atoms. The Bertz CT molecular complexity index is 324. The van der Waals surface area contributed by atoms with Crippen molar-refractivity contribution in [1.29, 1.82) is 0 Å². The van der Waals surface area contributed by atoms with Gasteiger partial charge in [-0.1, -0.05) is 12.1 Å². The van der Waals surface area contributed by atoms with E-state index in [1.54, 1.807) is 18.8 Å². The minimum absolute atomic E-state index is 0.0311. The summed E-state index contributed by atoms with van der Waals surface area (Å²) in [5.74, 6) is -0.0311. The van der Waals surface area contributed by atoms with Gasteiger partial charge in [-0.25, -0.2) is 0 Å². The van der Waals surface area contributed by atoms with Gasteiger partial charge in [0.2, 0.25) is 5.91 Å². The minimum Gasteiger partial charge on any atom is -0.359 e. The van der Waals surface area contributed by atoms with Gasteiger partial charge in [-0.15, -0.1) is 11.8 Å². The molecule has 0 saturated carbocycles. The molecule has 0 saturated heterocycles. The number of amides is 1. The molecule has 0 aliphatic rings. The van der Waals surface area contributed by atoms with E-state index in [4.69, 9.17) is 5.73 Å². The number of hydrogen-bond donors (Lipinski definition) is 2. The number of hydrogen-bond acceptors (Lipinski definition) is 3. The van der Waals surface area contributed by atoms with Gasteiger partial charge in [0.1, 0.15) is 0 Å². The first kappa shape index (κ1) is 12.1. The van der Waals surface area contributed by atoms with Crippen molar-refractivity contribution in [3.63, 3.8) is 0 Å². The van der Waals surface area contributed by atoms with Gasteiger partial charge >= 0.3 is 0 Å². The first-order valence-corrected chi connectivity index (χ1v) is 6.00. The molecule has 1 unspecified atom stereocenters. The number of benzene rings is 1. The Kier molecular flexibility index (Phi) is 4.65.